The third-order valence-electron chi connectivity index (χ3n) is 7.29. The van der Waals surface area contributed by atoms with Gasteiger partial charge in [-0.1, -0.05) is 18.0 Å². The summed E-state index contributed by atoms with van der Waals surface area (Å²) in [6.07, 6.45) is 6.36. The third kappa shape index (κ3) is 5.82. The number of pyridine rings is 1. The maximum Gasteiger partial charge on any atom is 0.223 e. The summed E-state index contributed by atoms with van der Waals surface area (Å²) < 4.78 is 0. The summed E-state index contributed by atoms with van der Waals surface area (Å²) in [6, 6.07) is 7.82. The number of amides is 1. The van der Waals surface area contributed by atoms with Crippen LogP contribution in [0.5, 0.6) is 0 Å². The summed E-state index contributed by atoms with van der Waals surface area (Å²) in [5.41, 5.74) is 4.74. The fourth-order valence-corrected chi connectivity index (χ4v) is 5.17. The number of rotatable bonds is 7. The van der Waals surface area contributed by atoms with E-state index in [2.05, 4.69) is 28.6 Å². The van der Waals surface area contributed by atoms with Crippen LogP contribution >= 0.6 is 11.6 Å². The molecule has 1 aliphatic carbocycles. The van der Waals surface area contributed by atoms with Crippen LogP contribution in [-0.2, 0) is 17.8 Å². The zero-order valence-electron chi connectivity index (χ0n) is 19.9. The molecule has 0 bridgehead atoms. The van der Waals surface area contributed by atoms with Gasteiger partial charge in [0.2, 0.25) is 5.91 Å². The Bertz CT molecular complexity index is 1020. The van der Waals surface area contributed by atoms with Crippen molar-refractivity contribution in [2.45, 2.75) is 65.5 Å². The number of halogens is 1. The Labute approximate surface area is 202 Å². The van der Waals surface area contributed by atoms with Gasteiger partial charge in [-0.3, -0.25) is 19.5 Å². The van der Waals surface area contributed by atoms with Crippen LogP contribution in [-0.4, -0.2) is 52.2 Å². The van der Waals surface area contributed by atoms with E-state index < -0.39 is 0 Å². The Morgan fingerprint density at radius 1 is 1.12 bits per heavy atom. The first-order valence-electron chi connectivity index (χ1n) is 12.1. The van der Waals surface area contributed by atoms with E-state index in [-0.39, 0.29) is 11.8 Å². The smallest absolute Gasteiger partial charge is 0.223 e. The van der Waals surface area contributed by atoms with Gasteiger partial charge in [0, 0.05) is 67.5 Å². The highest BCUT2D eigenvalue weighted by Gasteiger charge is 2.30. The average Bonchev–Trinajstić information content (AvgIpc) is 2.74. The number of carbonyl (C=O) groups excluding carboxylic acids is 2. The van der Waals surface area contributed by atoms with Crippen LogP contribution in [0, 0.1) is 19.8 Å². The lowest BCUT2D eigenvalue weighted by Crippen LogP contribution is -2.54. The Hall–Kier alpha value is -2.24. The van der Waals surface area contributed by atoms with Crippen molar-refractivity contribution in [2.24, 2.45) is 5.92 Å². The molecule has 1 aromatic carbocycles. The number of aromatic nitrogens is 1. The Morgan fingerprint density at radius 3 is 2.52 bits per heavy atom. The molecule has 0 unspecified atom stereocenters. The van der Waals surface area contributed by atoms with Crippen LogP contribution in [0.15, 0.2) is 30.5 Å². The van der Waals surface area contributed by atoms with Crippen molar-refractivity contribution in [1.29, 1.82) is 0 Å². The van der Waals surface area contributed by atoms with Gasteiger partial charge in [0.05, 0.1) is 0 Å². The summed E-state index contributed by atoms with van der Waals surface area (Å²) in [6.45, 7) is 9.39. The summed E-state index contributed by atoms with van der Waals surface area (Å²) in [5, 5.41) is 0.655. The van der Waals surface area contributed by atoms with E-state index in [1.807, 2.05) is 31.2 Å². The topological polar surface area (TPSA) is 53.5 Å². The molecule has 1 aromatic heterocycles. The molecule has 0 N–H and O–H groups in total. The number of aryl methyl sites for hydroxylation is 1. The molecule has 1 aliphatic heterocycles. The van der Waals surface area contributed by atoms with E-state index in [9.17, 15) is 9.59 Å². The Balaban J connectivity index is 1.40. The van der Waals surface area contributed by atoms with Crippen molar-refractivity contribution in [1.82, 2.24) is 14.8 Å². The first-order chi connectivity index (χ1) is 15.8. The zero-order chi connectivity index (χ0) is 23.5. The van der Waals surface area contributed by atoms with Crippen LogP contribution in [0.25, 0.3) is 0 Å². The Kier molecular flexibility index (Phi) is 7.50. The monoisotopic (exact) mass is 467 g/mol. The molecule has 2 heterocycles. The van der Waals surface area contributed by atoms with E-state index in [0.717, 1.165) is 48.6 Å². The number of ketones is 1. The lowest BCUT2D eigenvalue weighted by Gasteiger charge is -2.41. The second-order valence-corrected chi connectivity index (χ2v) is 10.2. The minimum Gasteiger partial charge on any atom is -0.337 e. The molecule has 33 heavy (non-hydrogen) atoms. The molecule has 5 nitrogen and oxygen atoms in total. The molecule has 1 saturated heterocycles. The van der Waals surface area contributed by atoms with Crippen molar-refractivity contribution in [2.75, 3.05) is 19.6 Å². The molecule has 1 amide bonds. The van der Waals surface area contributed by atoms with Gasteiger partial charge in [-0.2, -0.15) is 0 Å². The molecule has 2 aliphatic rings. The number of nitrogens with zero attached hydrogens (tertiary/aromatic N) is 3. The van der Waals surface area contributed by atoms with Gasteiger partial charge in [0.1, 0.15) is 0 Å². The molecule has 1 atom stereocenters. The summed E-state index contributed by atoms with van der Waals surface area (Å²) >= 11 is 6.46. The molecular formula is C27H34ClN3O2. The van der Waals surface area contributed by atoms with Gasteiger partial charge in [0.25, 0.3) is 0 Å². The maximum atomic E-state index is 12.8. The minimum absolute atomic E-state index is 0.0472. The fraction of sp³-hybridized carbons (Fsp3) is 0.519. The molecule has 2 fully saturated rings. The number of Topliss-reactive ketones (excluding diaryl/α,β-unsaturated/α-hetero) is 1. The molecule has 176 valence electrons. The van der Waals surface area contributed by atoms with E-state index in [0.29, 0.717) is 35.3 Å². The summed E-state index contributed by atoms with van der Waals surface area (Å²) in [4.78, 5) is 34.2. The molecule has 0 spiro atoms. The van der Waals surface area contributed by atoms with Crippen molar-refractivity contribution in [3.8, 4) is 0 Å². The van der Waals surface area contributed by atoms with Gasteiger partial charge in [-0.05, 0) is 80.5 Å². The molecular weight excluding hydrogens is 434 g/mol. The summed E-state index contributed by atoms with van der Waals surface area (Å²) in [7, 11) is 0. The van der Waals surface area contributed by atoms with E-state index in [1.165, 1.54) is 19.3 Å². The first-order valence-corrected chi connectivity index (χ1v) is 12.4. The van der Waals surface area contributed by atoms with Gasteiger partial charge < -0.3 is 4.90 Å². The highest BCUT2D eigenvalue weighted by molar-refractivity contribution is 6.30. The molecule has 1 saturated carbocycles. The predicted molar refractivity (Wildman–Crippen MR) is 132 cm³/mol. The largest absolute Gasteiger partial charge is 0.337 e. The van der Waals surface area contributed by atoms with Crippen LogP contribution in [0.4, 0.5) is 0 Å². The van der Waals surface area contributed by atoms with Crippen molar-refractivity contribution in [3.05, 3.63) is 63.4 Å². The quantitative estimate of drug-likeness (QED) is 0.537. The second-order valence-electron chi connectivity index (χ2n) is 9.81. The number of benzene rings is 1. The van der Waals surface area contributed by atoms with Crippen molar-refractivity contribution >= 4 is 23.3 Å². The minimum atomic E-state index is 0.0472. The van der Waals surface area contributed by atoms with Gasteiger partial charge >= 0.3 is 0 Å². The normalized spacial score (nSPS) is 19.4. The molecule has 6 heteroatoms. The maximum absolute atomic E-state index is 12.8. The van der Waals surface area contributed by atoms with Crippen LogP contribution in [0.1, 0.15) is 65.3 Å². The van der Waals surface area contributed by atoms with Gasteiger partial charge in [-0.15, -0.1) is 0 Å². The standard InChI is InChI=1S/C27H34ClN3O2/c1-18-7-8-22(15-29-18)26(32)14-23-12-25(28)13-24(20(23)3)17-30-9-10-31(19(2)16-30)27(33)11-21-5-4-6-21/h7-8,12-13,15,19,21H,4-6,9-11,14,16-17H2,1-3H3/t19-/m0/s1. The Morgan fingerprint density at radius 2 is 1.88 bits per heavy atom. The van der Waals surface area contributed by atoms with Crippen LogP contribution < -0.4 is 0 Å². The SMILES string of the molecule is Cc1ccc(C(=O)Cc2cc(Cl)cc(CN3CCN(C(=O)CC4CCC4)[C@@H](C)C3)c2C)cn1. The third-order valence-corrected chi connectivity index (χ3v) is 7.50. The first kappa shape index (κ1) is 23.9. The van der Waals surface area contributed by atoms with Gasteiger partial charge in [-0.25, -0.2) is 0 Å². The average molecular weight is 468 g/mol. The predicted octanol–water partition coefficient (Wildman–Crippen LogP) is 5.00. The van der Waals surface area contributed by atoms with Gasteiger partial charge in [0.15, 0.2) is 5.78 Å². The number of piperazine rings is 1. The van der Waals surface area contributed by atoms with Crippen LogP contribution in [0.2, 0.25) is 5.02 Å². The lowest BCUT2D eigenvalue weighted by atomic mass is 9.82. The number of carbonyl (C=O) groups is 2. The van der Waals surface area contributed by atoms with E-state index in [1.54, 1.807) is 6.20 Å². The second kappa shape index (κ2) is 10.4. The molecule has 2 aromatic rings. The lowest BCUT2D eigenvalue weighted by molar-refractivity contribution is -0.137. The molecule has 4 rings (SSSR count). The summed E-state index contributed by atoms with van der Waals surface area (Å²) in [5.74, 6) is 0.969. The van der Waals surface area contributed by atoms with Crippen molar-refractivity contribution < 1.29 is 9.59 Å². The van der Waals surface area contributed by atoms with Crippen molar-refractivity contribution in [3.63, 3.8) is 0 Å². The van der Waals surface area contributed by atoms with E-state index in [4.69, 9.17) is 11.6 Å². The van der Waals surface area contributed by atoms with Crippen LogP contribution in [0.3, 0.4) is 0 Å². The number of hydrogen-bond acceptors (Lipinski definition) is 4. The number of hydrogen-bond donors (Lipinski definition) is 0. The van der Waals surface area contributed by atoms with E-state index >= 15 is 0 Å². The highest BCUT2D eigenvalue weighted by atomic mass is 35.5. The zero-order valence-corrected chi connectivity index (χ0v) is 20.7. The highest BCUT2D eigenvalue weighted by Crippen LogP contribution is 2.31. The fourth-order valence-electron chi connectivity index (χ4n) is 4.90. The molecule has 0 radical (unpaired) electrons.